The Morgan fingerprint density at radius 2 is 2.12 bits per heavy atom. The highest BCUT2D eigenvalue weighted by Gasteiger charge is 2.13. The lowest BCUT2D eigenvalue weighted by Crippen LogP contribution is -2.13. The van der Waals surface area contributed by atoms with Crippen LogP contribution in [0, 0.1) is 11.3 Å². The summed E-state index contributed by atoms with van der Waals surface area (Å²) >= 11 is 0. The number of rotatable bonds is 5. The predicted octanol–water partition coefficient (Wildman–Crippen LogP) is 2.80. The molecular weight excluding hydrogens is 214 g/mol. The summed E-state index contributed by atoms with van der Waals surface area (Å²) in [4.78, 5) is 11.3. The van der Waals surface area contributed by atoms with E-state index in [2.05, 4.69) is 6.58 Å². The monoisotopic (exact) mass is 229 g/mol. The standard InChI is InChI=1S/C14H15NO2/c1-3-12(13-7-5-4-6-8-13)10-17-14(16)11(2)9-15/h4-8,12H,2-3,10H2,1H3. The van der Waals surface area contributed by atoms with Crippen molar-refractivity contribution in [2.75, 3.05) is 6.61 Å². The van der Waals surface area contributed by atoms with Crippen LogP contribution in [0.5, 0.6) is 0 Å². The average molecular weight is 229 g/mol. The van der Waals surface area contributed by atoms with Crippen LogP contribution in [0.25, 0.3) is 0 Å². The Balaban J connectivity index is 2.58. The first kappa shape index (κ1) is 13.0. The fraction of sp³-hybridized carbons (Fsp3) is 0.286. The number of hydrogen-bond acceptors (Lipinski definition) is 3. The molecule has 17 heavy (non-hydrogen) atoms. The lowest BCUT2D eigenvalue weighted by atomic mass is 9.98. The van der Waals surface area contributed by atoms with E-state index in [9.17, 15) is 4.79 Å². The van der Waals surface area contributed by atoms with Gasteiger partial charge in [-0.1, -0.05) is 43.8 Å². The molecule has 0 bridgehead atoms. The summed E-state index contributed by atoms with van der Waals surface area (Å²) < 4.78 is 5.04. The van der Waals surface area contributed by atoms with Crippen molar-refractivity contribution in [3.63, 3.8) is 0 Å². The van der Waals surface area contributed by atoms with Crippen LogP contribution in [0.1, 0.15) is 24.8 Å². The third-order valence-electron chi connectivity index (χ3n) is 2.56. The van der Waals surface area contributed by atoms with Gasteiger partial charge in [-0.25, -0.2) is 4.79 Å². The first-order valence-corrected chi connectivity index (χ1v) is 5.50. The van der Waals surface area contributed by atoms with Gasteiger partial charge in [-0.15, -0.1) is 0 Å². The minimum absolute atomic E-state index is 0.159. The van der Waals surface area contributed by atoms with E-state index in [0.29, 0.717) is 0 Å². The van der Waals surface area contributed by atoms with Gasteiger partial charge in [-0.05, 0) is 12.0 Å². The largest absolute Gasteiger partial charge is 0.461 e. The fourth-order valence-electron chi connectivity index (χ4n) is 1.48. The van der Waals surface area contributed by atoms with Gasteiger partial charge in [0, 0.05) is 5.92 Å². The summed E-state index contributed by atoms with van der Waals surface area (Å²) in [7, 11) is 0. The Labute approximate surface area is 101 Å². The Hall–Kier alpha value is -2.08. The van der Waals surface area contributed by atoms with Crippen LogP contribution < -0.4 is 0 Å². The molecule has 0 radical (unpaired) electrons. The topological polar surface area (TPSA) is 50.1 Å². The molecule has 88 valence electrons. The molecule has 1 aromatic rings. The summed E-state index contributed by atoms with van der Waals surface area (Å²) in [5.41, 5.74) is 0.971. The van der Waals surface area contributed by atoms with Gasteiger partial charge in [0.2, 0.25) is 0 Å². The Morgan fingerprint density at radius 1 is 1.47 bits per heavy atom. The first-order valence-electron chi connectivity index (χ1n) is 5.50. The van der Waals surface area contributed by atoms with Crippen molar-refractivity contribution in [2.24, 2.45) is 0 Å². The van der Waals surface area contributed by atoms with Crippen LogP contribution in [0.3, 0.4) is 0 Å². The molecule has 0 aromatic heterocycles. The van der Waals surface area contributed by atoms with E-state index < -0.39 is 5.97 Å². The van der Waals surface area contributed by atoms with E-state index in [1.54, 1.807) is 6.07 Å². The van der Waals surface area contributed by atoms with Crippen LogP contribution in [0.15, 0.2) is 42.5 Å². The number of ether oxygens (including phenoxy) is 1. The molecule has 0 N–H and O–H groups in total. The second-order valence-electron chi connectivity index (χ2n) is 3.70. The maximum Gasteiger partial charge on any atom is 0.348 e. The number of carbonyl (C=O) groups is 1. The zero-order valence-electron chi connectivity index (χ0n) is 9.85. The number of nitriles is 1. The summed E-state index contributed by atoms with van der Waals surface area (Å²) in [5.74, 6) is -0.478. The minimum Gasteiger partial charge on any atom is -0.461 e. The lowest BCUT2D eigenvalue weighted by Gasteiger charge is -2.15. The van der Waals surface area contributed by atoms with Gasteiger partial charge < -0.3 is 4.74 Å². The highest BCUT2D eigenvalue weighted by molar-refractivity contribution is 5.91. The molecule has 0 spiro atoms. The molecule has 3 heteroatoms. The maximum absolute atomic E-state index is 11.3. The molecule has 0 heterocycles. The highest BCUT2D eigenvalue weighted by Crippen LogP contribution is 2.19. The van der Waals surface area contributed by atoms with Crippen molar-refractivity contribution in [1.29, 1.82) is 5.26 Å². The number of nitrogens with zero attached hydrogens (tertiary/aromatic N) is 1. The van der Waals surface area contributed by atoms with E-state index in [1.165, 1.54) is 0 Å². The zero-order valence-corrected chi connectivity index (χ0v) is 9.85. The van der Waals surface area contributed by atoms with E-state index in [0.717, 1.165) is 12.0 Å². The van der Waals surface area contributed by atoms with Gasteiger partial charge >= 0.3 is 5.97 Å². The quantitative estimate of drug-likeness (QED) is 0.443. The third-order valence-corrected chi connectivity index (χ3v) is 2.56. The third kappa shape index (κ3) is 3.76. The molecule has 0 saturated carbocycles. The average Bonchev–Trinajstić information content (AvgIpc) is 2.39. The molecular formula is C14H15NO2. The molecule has 0 fully saturated rings. The minimum atomic E-state index is -0.637. The van der Waals surface area contributed by atoms with Gasteiger partial charge in [0.15, 0.2) is 0 Å². The van der Waals surface area contributed by atoms with Crippen molar-refractivity contribution >= 4 is 5.97 Å². The first-order chi connectivity index (χ1) is 8.19. The van der Waals surface area contributed by atoms with Gasteiger partial charge in [0.25, 0.3) is 0 Å². The molecule has 0 aliphatic rings. The number of benzene rings is 1. The molecule has 1 atom stereocenters. The number of hydrogen-bond donors (Lipinski definition) is 0. The van der Waals surface area contributed by atoms with Crippen molar-refractivity contribution in [3.05, 3.63) is 48.0 Å². The van der Waals surface area contributed by atoms with E-state index in [1.807, 2.05) is 37.3 Å². The molecule has 0 saturated heterocycles. The van der Waals surface area contributed by atoms with E-state index in [4.69, 9.17) is 10.00 Å². The highest BCUT2D eigenvalue weighted by atomic mass is 16.5. The summed E-state index contributed by atoms with van der Waals surface area (Å²) in [6, 6.07) is 11.5. The Kier molecular flexibility index (Phi) is 4.96. The summed E-state index contributed by atoms with van der Waals surface area (Å²) in [5, 5.41) is 8.49. The second kappa shape index (κ2) is 6.49. The molecule has 1 rings (SSSR count). The van der Waals surface area contributed by atoms with Gasteiger partial charge in [0.05, 0.1) is 6.61 Å². The van der Waals surface area contributed by atoms with Crippen molar-refractivity contribution < 1.29 is 9.53 Å². The van der Waals surface area contributed by atoms with Crippen LogP contribution in [0.4, 0.5) is 0 Å². The van der Waals surface area contributed by atoms with Crippen LogP contribution in [-0.2, 0) is 9.53 Å². The molecule has 1 unspecified atom stereocenters. The van der Waals surface area contributed by atoms with Crippen molar-refractivity contribution in [2.45, 2.75) is 19.3 Å². The van der Waals surface area contributed by atoms with E-state index in [-0.39, 0.29) is 18.1 Å². The number of carbonyl (C=O) groups excluding carboxylic acids is 1. The van der Waals surface area contributed by atoms with Gasteiger partial charge in [-0.2, -0.15) is 5.26 Å². The SMILES string of the molecule is C=C(C#N)C(=O)OCC(CC)c1ccccc1. The second-order valence-corrected chi connectivity index (χ2v) is 3.70. The molecule has 0 amide bonds. The zero-order chi connectivity index (χ0) is 12.7. The molecule has 0 aliphatic heterocycles. The maximum atomic E-state index is 11.3. The predicted molar refractivity (Wildman–Crippen MR) is 65.2 cm³/mol. The Bertz CT molecular complexity index is 431. The van der Waals surface area contributed by atoms with Gasteiger partial charge in [0.1, 0.15) is 11.6 Å². The van der Waals surface area contributed by atoms with E-state index >= 15 is 0 Å². The van der Waals surface area contributed by atoms with Crippen molar-refractivity contribution in [3.8, 4) is 6.07 Å². The normalized spacial score (nSPS) is 11.3. The Morgan fingerprint density at radius 3 is 2.65 bits per heavy atom. The smallest absolute Gasteiger partial charge is 0.348 e. The summed E-state index contributed by atoms with van der Waals surface area (Å²) in [6.45, 7) is 5.62. The lowest BCUT2D eigenvalue weighted by molar-refractivity contribution is -0.139. The van der Waals surface area contributed by atoms with Crippen LogP contribution in [-0.4, -0.2) is 12.6 Å². The fourth-order valence-corrected chi connectivity index (χ4v) is 1.48. The van der Waals surface area contributed by atoms with Crippen LogP contribution >= 0.6 is 0 Å². The van der Waals surface area contributed by atoms with Crippen LogP contribution in [0.2, 0.25) is 0 Å². The van der Waals surface area contributed by atoms with Gasteiger partial charge in [-0.3, -0.25) is 0 Å². The molecule has 1 aromatic carbocycles. The van der Waals surface area contributed by atoms with Crippen molar-refractivity contribution in [1.82, 2.24) is 0 Å². The molecule has 0 aliphatic carbocycles. The molecule has 3 nitrogen and oxygen atoms in total. The summed E-state index contributed by atoms with van der Waals surface area (Å²) in [6.07, 6.45) is 0.871. The number of esters is 1.